The summed E-state index contributed by atoms with van der Waals surface area (Å²) < 4.78 is 23.4. The fraction of sp³-hybridized carbons (Fsp3) is 0.391. The van der Waals surface area contributed by atoms with Gasteiger partial charge in [0.25, 0.3) is 0 Å². The molecule has 0 aromatic heterocycles. The first-order valence-electron chi connectivity index (χ1n) is 10.6. The largest absolute Gasteiger partial charge is 0.349 e. The van der Waals surface area contributed by atoms with E-state index in [9.17, 15) is 13.2 Å². The van der Waals surface area contributed by atoms with E-state index in [0.717, 1.165) is 35.7 Å². The van der Waals surface area contributed by atoms with Crippen LogP contribution in [0.5, 0.6) is 0 Å². The van der Waals surface area contributed by atoms with Gasteiger partial charge in [0.1, 0.15) is 0 Å². The number of thioether (sulfide) groups is 1. The minimum absolute atomic E-state index is 0.0281. The number of sulfone groups is 1. The lowest BCUT2D eigenvalue weighted by Gasteiger charge is -2.26. The Hall–Kier alpha value is -2.32. The first-order valence-corrected chi connectivity index (χ1v) is 13.3. The summed E-state index contributed by atoms with van der Waals surface area (Å²) in [5, 5.41) is 7.27. The summed E-state index contributed by atoms with van der Waals surface area (Å²) in [6.07, 6.45) is 3.50. The molecule has 1 fully saturated rings. The van der Waals surface area contributed by atoms with Crippen LogP contribution in [0.4, 0.5) is 5.69 Å². The van der Waals surface area contributed by atoms with Gasteiger partial charge in [-0.05, 0) is 48.1 Å². The maximum absolute atomic E-state index is 12.6. The van der Waals surface area contributed by atoms with E-state index in [1.165, 1.54) is 22.9 Å². The van der Waals surface area contributed by atoms with Crippen molar-refractivity contribution in [2.24, 2.45) is 4.99 Å². The van der Waals surface area contributed by atoms with Crippen molar-refractivity contribution in [2.75, 3.05) is 16.8 Å². The van der Waals surface area contributed by atoms with E-state index < -0.39 is 9.84 Å². The molecule has 0 saturated carbocycles. The highest BCUT2D eigenvalue weighted by atomic mass is 32.2. The maximum atomic E-state index is 12.6. The lowest BCUT2D eigenvalue weighted by molar-refractivity contribution is -0.121. The summed E-state index contributed by atoms with van der Waals surface area (Å²) in [7, 11) is -2.94. The van der Waals surface area contributed by atoms with E-state index in [1.54, 1.807) is 0 Å². The average molecular weight is 456 g/mol. The lowest BCUT2D eigenvalue weighted by Crippen LogP contribution is -2.32. The van der Waals surface area contributed by atoms with Gasteiger partial charge in [-0.1, -0.05) is 48.2 Å². The van der Waals surface area contributed by atoms with Gasteiger partial charge >= 0.3 is 0 Å². The van der Waals surface area contributed by atoms with Gasteiger partial charge in [0.2, 0.25) is 5.91 Å². The minimum Gasteiger partial charge on any atom is -0.349 e. The van der Waals surface area contributed by atoms with Crippen LogP contribution >= 0.6 is 11.8 Å². The van der Waals surface area contributed by atoms with Crippen LogP contribution in [0.15, 0.2) is 53.5 Å². The standard InChI is InChI=1S/C23H25N3O3S2/c27-22(25-19-7-3-5-16-4-1-2-6-18(16)19)12-15-8-10-17(11-9-15)24-23-26-20-13-31(28,29)14-21(20)30-23/h1-2,4,6,8-11,19-21H,3,5,7,12-14H2,(H,24,26)(H,25,27)/t19-,20+,21-/m0/s1. The van der Waals surface area contributed by atoms with Crippen LogP contribution in [0.1, 0.15) is 35.6 Å². The second-order valence-corrected chi connectivity index (χ2v) is 11.8. The van der Waals surface area contributed by atoms with Crippen LogP contribution in [-0.4, -0.2) is 42.3 Å². The van der Waals surface area contributed by atoms with Gasteiger partial charge in [0.15, 0.2) is 15.0 Å². The molecule has 2 aromatic rings. The molecule has 0 unspecified atom stereocenters. The zero-order valence-corrected chi connectivity index (χ0v) is 18.7. The van der Waals surface area contributed by atoms with Gasteiger partial charge in [-0.15, -0.1) is 0 Å². The fourth-order valence-corrected chi connectivity index (χ4v) is 8.26. The second kappa shape index (κ2) is 8.31. The molecule has 6 nitrogen and oxygen atoms in total. The molecule has 0 spiro atoms. The highest BCUT2D eigenvalue weighted by Crippen LogP contribution is 2.34. The summed E-state index contributed by atoms with van der Waals surface area (Å²) in [4.78, 5) is 17.1. The third-order valence-electron chi connectivity index (χ3n) is 6.09. The molecule has 162 valence electrons. The molecule has 2 heterocycles. The van der Waals surface area contributed by atoms with Crippen LogP contribution < -0.4 is 10.6 Å². The number of carbonyl (C=O) groups is 1. The number of amides is 1. The van der Waals surface area contributed by atoms with Crippen molar-refractivity contribution in [3.05, 3.63) is 65.2 Å². The van der Waals surface area contributed by atoms with Crippen molar-refractivity contribution in [3.8, 4) is 0 Å². The number of hydrogen-bond donors (Lipinski definition) is 2. The van der Waals surface area contributed by atoms with Gasteiger partial charge in [-0.3, -0.25) is 9.79 Å². The number of carbonyl (C=O) groups excluding carboxylic acids is 1. The summed E-state index contributed by atoms with van der Waals surface area (Å²) in [5.41, 5.74) is 4.42. The smallest absolute Gasteiger partial charge is 0.224 e. The Morgan fingerprint density at radius 2 is 1.90 bits per heavy atom. The van der Waals surface area contributed by atoms with Crippen LogP contribution in [0, 0.1) is 0 Å². The summed E-state index contributed by atoms with van der Waals surface area (Å²) in [6.45, 7) is 0. The molecule has 2 aromatic carbocycles. The SMILES string of the molecule is O=C(Cc1ccc(NC2=N[C@@H]3CS(=O)(=O)C[C@@H]3S2)cc1)N[C@H]1CCCc2ccccc21. The predicted octanol–water partition coefficient (Wildman–Crippen LogP) is 3.10. The van der Waals surface area contributed by atoms with Crippen molar-refractivity contribution >= 4 is 38.4 Å². The number of rotatable bonds is 4. The number of anilines is 1. The molecule has 2 aliphatic heterocycles. The summed E-state index contributed by atoms with van der Waals surface area (Å²) in [6, 6.07) is 16.1. The number of fused-ring (bicyclic) bond motifs is 2. The highest BCUT2D eigenvalue weighted by Gasteiger charge is 2.42. The average Bonchev–Trinajstić information content (AvgIpc) is 3.22. The monoisotopic (exact) mass is 455 g/mol. The topological polar surface area (TPSA) is 87.6 Å². The van der Waals surface area contributed by atoms with E-state index >= 15 is 0 Å². The quantitative estimate of drug-likeness (QED) is 0.740. The Kier molecular flexibility index (Phi) is 5.52. The Bertz CT molecular complexity index is 1130. The van der Waals surface area contributed by atoms with Gasteiger partial charge < -0.3 is 10.6 Å². The second-order valence-electron chi connectivity index (χ2n) is 8.44. The van der Waals surface area contributed by atoms with Crippen LogP contribution in [-0.2, 0) is 27.5 Å². The number of hydrogen-bond acceptors (Lipinski definition) is 6. The van der Waals surface area contributed by atoms with Crippen molar-refractivity contribution < 1.29 is 13.2 Å². The third-order valence-corrected chi connectivity index (χ3v) is 9.23. The van der Waals surface area contributed by atoms with Gasteiger partial charge in [0, 0.05) is 10.9 Å². The molecule has 1 saturated heterocycles. The molecule has 0 bridgehead atoms. The van der Waals surface area contributed by atoms with E-state index in [0.29, 0.717) is 6.42 Å². The number of aliphatic imine (C=N–C) groups is 1. The predicted molar refractivity (Wildman–Crippen MR) is 125 cm³/mol. The number of nitrogens with zero attached hydrogens (tertiary/aromatic N) is 1. The number of aryl methyl sites for hydroxylation is 1. The molecule has 3 atom stereocenters. The van der Waals surface area contributed by atoms with Crippen LogP contribution in [0.3, 0.4) is 0 Å². The molecule has 1 aliphatic carbocycles. The van der Waals surface area contributed by atoms with Gasteiger partial charge in [0.05, 0.1) is 30.0 Å². The molecular formula is C23H25N3O3S2. The summed E-state index contributed by atoms with van der Waals surface area (Å²) in [5.74, 6) is 0.387. The molecule has 1 amide bonds. The molecule has 5 rings (SSSR count). The lowest BCUT2D eigenvalue weighted by atomic mass is 9.87. The number of benzene rings is 2. The molecule has 31 heavy (non-hydrogen) atoms. The van der Waals surface area contributed by atoms with Gasteiger partial charge in [-0.25, -0.2) is 8.42 Å². The molecular weight excluding hydrogens is 430 g/mol. The maximum Gasteiger partial charge on any atom is 0.224 e. The molecule has 8 heteroatoms. The Balaban J connectivity index is 1.17. The fourth-order valence-electron chi connectivity index (χ4n) is 4.58. The first kappa shape index (κ1) is 20.6. The van der Waals surface area contributed by atoms with Crippen molar-refractivity contribution in [1.29, 1.82) is 0 Å². The third kappa shape index (κ3) is 4.65. The van der Waals surface area contributed by atoms with E-state index in [-0.39, 0.29) is 34.7 Å². The van der Waals surface area contributed by atoms with E-state index in [4.69, 9.17) is 0 Å². The van der Waals surface area contributed by atoms with Crippen LogP contribution in [0.2, 0.25) is 0 Å². The molecule has 3 aliphatic rings. The number of nitrogens with one attached hydrogen (secondary N) is 2. The molecule has 2 N–H and O–H groups in total. The zero-order chi connectivity index (χ0) is 21.4. The summed E-state index contributed by atoms with van der Waals surface area (Å²) >= 11 is 1.50. The Morgan fingerprint density at radius 1 is 1.10 bits per heavy atom. The number of amidine groups is 1. The minimum atomic E-state index is -2.94. The van der Waals surface area contributed by atoms with Crippen molar-refractivity contribution in [3.63, 3.8) is 0 Å². The zero-order valence-electron chi connectivity index (χ0n) is 17.1. The van der Waals surface area contributed by atoms with Crippen LogP contribution in [0.25, 0.3) is 0 Å². The Morgan fingerprint density at radius 3 is 2.71 bits per heavy atom. The van der Waals surface area contributed by atoms with Crippen molar-refractivity contribution in [1.82, 2.24) is 5.32 Å². The van der Waals surface area contributed by atoms with Gasteiger partial charge in [-0.2, -0.15) is 0 Å². The Labute approximate surface area is 186 Å². The normalized spacial score (nSPS) is 25.9. The first-order chi connectivity index (χ1) is 14.9. The highest BCUT2D eigenvalue weighted by molar-refractivity contribution is 8.15. The van der Waals surface area contributed by atoms with E-state index in [1.807, 2.05) is 30.3 Å². The van der Waals surface area contributed by atoms with Crippen molar-refractivity contribution in [2.45, 2.75) is 43.0 Å². The molecule has 0 radical (unpaired) electrons. The van der Waals surface area contributed by atoms with E-state index in [2.05, 4.69) is 33.8 Å².